The molecule has 1 N–H and O–H groups in total. The molecule has 3 heterocycles. The predicted molar refractivity (Wildman–Crippen MR) is 108 cm³/mol. The van der Waals surface area contributed by atoms with Crippen LogP contribution in [-0.2, 0) is 6.54 Å². The number of ether oxygens (including phenoxy) is 2. The van der Waals surface area contributed by atoms with Crippen molar-refractivity contribution in [1.82, 2.24) is 10.1 Å². The Morgan fingerprint density at radius 1 is 0.966 bits per heavy atom. The fraction of sp³-hybridized carbons (Fsp3) is 0.348. The lowest BCUT2D eigenvalue weighted by Gasteiger charge is -2.28. The first kappa shape index (κ1) is 18.1. The van der Waals surface area contributed by atoms with Gasteiger partial charge in [0.05, 0.1) is 6.04 Å². The molecule has 150 valence electrons. The summed E-state index contributed by atoms with van der Waals surface area (Å²) in [6, 6.07) is 15.5. The quantitative estimate of drug-likeness (QED) is 0.682. The van der Waals surface area contributed by atoms with Crippen LogP contribution in [0.2, 0.25) is 0 Å². The van der Waals surface area contributed by atoms with Crippen molar-refractivity contribution in [3.63, 3.8) is 0 Å². The van der Waals surface area contributed by atoms with Crippen LogP contribution in [-0.4, -0.2) is 28.5 Å². The zero-order valence-electron chi connectivity index (χ0n) is 16.2. The average molecular weight is 392 g/mol. The van der Waals surface area contributed by atoms with Gasteiger partial charge in [0, 0.05) is 18.2 Å². The number of aromatic nitrogens is 1. The van der Waals surface area contributed by atoms with Gasteiger partial charge in [0.2, 0.25) is 6.79 Å². The van der Waals surface area contributed by atoms with E-state index in [1.807, 2.05) is 30.3 Å². The molecule has 1 aromatic heterocycles. The van der Waals surface area contributed by atoms with E-state index >= 15 is 0 Å². The molecule has 2 aromatic carbocycles. The largest absolute Gasteiger partial charge is 0.508 e. The fourth-order valence-corrected chi connectivity index (χ4v) is 4.16. The standard InChI is InChI=1S/C23H24N2O4/c26-18-8-5-16(6-9-18)14-25-11-3-1-2-4-20(25)19-13-22(29-24-19)17-7-10-21-23(12-17)28-15-27-21/h5-10,12-13,20,26H,1-4,11,14-15H2/t20-/m1/s1. The minimum Gasteiger partial charge on any atom is -0.508 e. The van der Waals surface area contributed by atoms with E-state index in [4.69, 9.17) is 14.0 Å². The Hall–Kier alpha value is -2.99. The molecule has 0 bridgehead atoms. The van der Waals surface area contributed by atoms with Crippen molar-refractivity contribution in [2.45, 2.75) is 38.3 Å². The normalized spacial score (nSPS) is 19.2. The first-order valence-electron chi connectivity index (χ1n) is 10.1. The maximum absolute atomic E-state index is 9.55. The smallest absolute Gasteiger partial charge is 0.231 e. The highest BCUT2D eigenvalue weighted by molar-refractivity contribution is 5.63. The third kappa shape index (κ3) is 3.80. The first-order valence-corrected chi connectivity index (χ1v) is 10.1. The zero-order valence-corrected chi connectivity index (χ0v) is 16.2. The van der Waals surface area contributed by atoms with Gasteiger partial charge in [0.15, 0.2) is 17.3 Å². The van der Waals surface area contributed by atoms with Crippen molar-refractivity contribution in [2.24, 2.45) is 0 Å². The molecule has 0 aliphatic carbocycles. The van der Waals surface area contributed by atoms with E-state index in [1.165, 1.54) is 24.8 Å². The summed E-state index contributed by atoms with van der Waals surface area (Å²) in [6.45, 7) is 2.11. The van der Waals surface area contributed by atoms with Crippen LogP contribution in [0.15, 0.2) is 53.1 Å². The number of rotatable bonds is 4. The third-order valence-corrected chi connectivity index (χ3v) is 5.71. The topological polar surface area (TPSA) is 68.0 Å². The van der Waals surface area contributed by atoms with Crippen LogP contribution in [0, 0.1) is 0 Å². The van der Waals surface area contributed by atoms with Gasteiger partial charge in [0.1, 0.15) is 11.4 Å². The molecule has 0 saturated carbocycles. The molecule has 0 spiro atoms. The van der Waals surface area contributed by atoms with Crippen molar-refractivity contribution < 1.29 is 19.1 Å². The van der Waals surface area contributed by atoms with Crippen LogP contribution in [0.5, 0.6) is 17.2 Å². The molecule has 1 saturated heterocycles. The number of likely N-dealkylation sites (tertiary alicyclic amines) is 1. The van der Waals surface area contributed by atoms with E-state index in [0.29, 0.717) is 5.75 Å². The van der Waals surface area contributed by atoms with Crippen molar-refractivity contribution in [1.29, 1.82) is 0 Å². The summed E-state index contributed by atoms with van der Waals surface area (Å²) in [7, 11) is 0. The van der Waals surface area contributed by atoms with Crippen LogP contribution in [0.1, 0.15) is 43.0 Å². The predicted octanol–water partition coefficient (Wildman–Crippen LogP) is 4.89. The average Bonchev–Trinajstić information content (AvgIpc) is 3.35. The number of phenolic OH excluding ortho intramolecular Hbond substituents is 1. The number of fused-ring (bicyclic) bond motifs is 1. The number of benzene rings is 2. The summed E-state index contributed by atoms with van der Waals surface area (Å²) < 4.78 is 16.6. The second-order valence-electron chi connectivity index (χ2n) is 7.69. The lowest BCUT2D eigenvalue weighted by Crippen LogP contribution is -2.28. The van der Waals surface area contributed by atoms with Gasteiger partial charge in [-0.15, -0.1) is 0 Å². The summed E-state index contributed by atoms with van der Waals surface area (Å²) in [5, 5.41) is 14.0. The van der Waals surface area contributed by atoms with Crippen LogP contribution in [0.4, 0.5) is 0 Å². The van der Waals surface area contributed by atoms with Gasteiger partial charge in [-0.05, 0) is 55.3 Å². The van der Waals surface area contributed by atoms with Gasteiger partial charge < -0.3 is 19.1 Å². The fourth-order valence-electron chi connectivity index (χ4n) is 4.16. The molecule has 6 heteroatoms. The van der Waals surface area contributed by atoms with Crippen molar-refractivity contribution >= 4 is 0 Å². The molecule has 6 nitrogen and oxygen atoms in total. The summed E-state index contributed by atoms with van der Waals surface area (Å²) in [5.41, 5.74) is 3.10. The Kier molecular flexibility index (Phi) is 4.86. The number of hydrogen-bond acceptors (Lipinski definition) is 6. The number of aromatic hydroxyl groups is 1. The second-order valence-corrected chi connectivity index (χ2v) is 7.69. The van der Waals surface area contributed by atoms with Gasteiger partial charge in [-0.3, -0.25) is 4.90 Å². The lowest BCUT2D eigenvalue weighted by atomic mass is 10.0. The lowest BCUT2D eigenvalue weighted by molar-refractivity contribution is 0.174. The molecular formula is C23H24N2O4. The van der Waals surface area contributed by atoms with Crippen LogP contribution in [0.3, 0.4) is 0 Å². The molecule has 0 amide bonds. The summed E-state index contributed by atoms with van der Waals surface area (Å²) in [4.78, 5) is 2.47. The highest BCUT2D eigenvalue weighted by atomic mass is 16.7. The third-order valence-electron chi connectivity index (χ3n) is 5.71. The Labute approximate surface area is 169 Å². The minimum absolute atomic E-state index is 0.220. The van der Waals surface area contributed by atoms with Gasteiger partial charge in [-0.25, -0.2) is 0 Å². The molecule has 0 radical (unpaired) electrons. The van der Waals surface area contributed by atoms with Gasteiger partial charge in [-0.1, -0.05) is 30.1 Å². The van der Waals surface area contributed by atoms with Crippen LogP contribution in [0.25, 0.3) is 11.3 Å². The van der Waals surface area contributed by atoms with Crippen molar-refractivity contribution in [3.8, 4) is 28.6 Å². The molecule has 2 aliphatic rings. The Balaban J connectivity index is 1.39. The van der Waals surface area contributed by atoms with Gasteiger partial charge >= 0.3 is 0 Å². The van der Waals surface area contributed by atoms with Crippen molar-refractivity contribution in [2.75, 3.05) is 13.3 Å². The number of hydrogen-bond donors (Lipinski definition) is 1. The summed E-state index contributed by atoms with van der Waals surface area (Å²) in [5.74, 6) is 2.54. The highest BCUT2D eigenvalue weighted by Crippen LogP contribution is 2.38. The summed E-state index contributed by atoms with van der Waals surface area (Å²) in [6.07, 6.45) is 4.66. The highest BCUT2D eigenvalue weighted by Gasteiger charge is 2.26. The van der Waals surface area contributed by atoms with E-state index in [-0.39, 0.29) is 12.8 Å². The van der Waals surface area contributed by atoms with Gasteiger partial charge in [-0.2, -0.15) is 0 Å². The van der Waals surface area contributed by atoms with E-state index < -0.39 is 0 Å². The maximum Gasteiger partial charge on any atom is 0.231 e. The molecule has 0 unspecified atom stereocenters. The van der Waals surface area contributed by atoms with E-state index in [2.05, 4.69) is 16.1 Å². The summed E-state index contributed by atoms with van der Waals surface area (Å²) >= 11 is 0. The SMILES string of the molecule is Oc1ccc(CN2CCCCC[C@@H]2c2cc(-c3ccc4c(c3)OCO4)on2)cc1. The Morgan fingerprint density at radius 3 is 2.72 bits per heavy atom. The molecular weight excluding hydrogens is 368 g/mol. The van der Waals surface area contributed by atoms with Crippen LogP contribution >= 0.6 is 0 Å². The van der Waals surface area contributed by atoms with E-state index in [9.17, 15) is 5.11 Å². The molecule has 1 atom stereocenters. The molecule has 2 aliphatic heterocycles. The number of phenols is 1. The molecule has 3 aromatic rings. The van der Waals surface area contributed by atoms with E-state index in [0.717, 1.165) is 48.0 Å². The zero-order chi connectivity index (χ0) is 19.6. The Bertz CT molecular complexity index is 983. The first-order chi connectivity index (χ1) is 14.3. The molecule has 1 fully saturated rings. The maximum atomic E-state index is 9.55. The second kappa shape index (κ2) is 7.79. The monoisotopic (exact) mass is 392 g/mol. The van der Waals surface area contributed by atoms with Gasteiger partial charge in [0.25, 0.3) is 0 Å². The Morgan fingerprint density at radius 2 is 1.83 bits per heavy atom. The van der Waals surface area contributed by atoms with Crippen molar-refractivity contribution in [3.05, 3.63) is 59.8 Å². The van der Waals surface area contributed by atoms with E-state index in [1.54, 1.807) is 12.1 Å². The molecule has 29 heavy (non-hydrogen) atoms. The number of nitrogens with zero attached hydrogens (tertiary/aromatic N) is 2. The van der Waals surface area contributed by atoms with Crippen LogP contribution < -0.4 is 9.47 Å². The molecule has 5 rings (SSSR count). The minimum atomic E-state index is 0.220.